The summed E-state index contributed by atoms with van der Waals surface area (Å²) in [6, 6.07) is 11.3. The number of Topliss-reactive ketones (excluding diaryl/α,β-unsaturated/α-hetero) is 1. The predicted molar refractivity (Wildman–Crippen MR) is 99.8 cm³/mol. The minimum Gasteiger partial charge on any atom is -0.467 e. The number of hydrogen-bond acceptors (Lipinski definition) is 4. The van der Waals surface area contributed by atoms with Crippen LogP contribution in [0.3, 0.4) is 0 Å². The van der Waals surface area contributed by atoms with Crippen molar-refractivity contribution < 1.29 is 18.8 Å². The molecule has 3 amide bonds. The normalized spacial score (nSPS) is 10.3. The highest BCUT2D eigenvalue weighted by Gasteiger charge is 2.11. The molecule has 2 aromatic heterocycles. The second kappa shape index (κ2) is 8.05. The SMILES string of the molecule is CC(=O)c1c[nH]c(C(=O)Nc2ccc(NC(=O)NCc3ccco3)cc2)c1. The molecule has 27 heavy (non-hydrogen) atoms. The van der Waals surface area contributed by atoms with E-state index in [9.17, 15) is 14.4 Å². The van der Waals surface area contributed by atoms with Crippen molar-refractivity contribution in [1.29, 1.82) is 0 Å². The zero-order valence-electron chi connectivity index (χ0n) is 14.5. The van der Waals surface area contributed by atoms with Crippen LogP contribution < -0.4 is 16.0 Å². The summed E-state index contributed by atoms with van der Waals surface area (Å²) in [5.74, 6) is 0.172. The second-order valence-electron chi connectivity index (χ2n) is 5.78. The van der Waals surface area contributed by atoms with Gasteiger partial charge in [0, 0.05) is 23.1 Å². The molecule has 3 rings (SSSR count). The summed E-state index contributed by atoms with van der Waals surface area (Å²) < 4.78 is 5.13. The van der Waals surface area contributed by atoms with Gasteiger partial charge in [-0.2, -0.15) is 0 Å². The molecule has 0 bridgehead atoms. The smallest absolute Gasteiger partial charge is 0.319 e. The van der Waals surface area contributed by atoms with Crippen molar-refractivity contribution in [3.05, 3.63) is 71.9 Å². The number of furan rings is 1. The van der Waals surface area contributed by atoms with Crippen molar-refractivity contribution in [1.82, 2.24) is 10.3 Å². The van der Waals surface area contributed by atoms with Gasteiger partial charge in [-0.15, -0.1) is 0 Å². The molecule has 0 unspecified atom stereocenters. The molecule has 0 atom stereocenters. The Morgan fingerprint density at radius 2 is 1.74 bits per heavy atom. The number of anilines is 2. The van der Waals surface area contributed by atoms with Gasteiger partial charge in [0.1, 0.15) is 11.5 Å². The standard InChI is InChI=1S/C19H18N4O4/c1-12(24)13-9-17(20-10-13)18(25)22-14-4-6-15(7-5-14)23-19(26)21-11-16-3-2-8-27-16/h2-10,20H,11H2,1H3,(H,22,25)(H2,21,23,26). The van der Waals surface area contributed by atoms with Crippen LogP contribution >= 0.6 is 0 Å². The van der Waals surface area contributed by atoms with Crippen LogP contribution in [0.25, 0.3) is 0 Å². The van der Waals surface area contributed by atoms with Crippen molar-refractivity contribution in [2.45, 2.75) is 13.5 Å². The summed E-state index contributed by atoms with van der Waals surface area (Å²) in [7, 11) is 0. The minimum absolute atomic E-state index is 0.119. The average molecular weight is 366 g/mol. The topological polar surface area (TPSA) is 116 Å². The highest BCUT2D eigenvalue weighted by molar-refractivity contribution is 6.05. The van der Waals surface area contributed by atoms with E-state index in [0.29, 0.717) is 28.4 Å². The van der Waals surface area contributed by atoms with E-state index < -0.39 is 0 Å². The minimum atomic E-state index is -0.369. The zero-order valence-corrected chi connectivity index (χ0v) is 14.5. The maximum absolute atomic E-state index is 12.2. The van der Waals surface area contributed by atoms with E-state index in [-0.39, 0.29) is 24.3 Å². The molecule has 0 fully saturated rings. The first-order valence-corrected chi connectivity index (χ1v) is 8.19. The van der Waals surface area contributed by atoms with Crippen molar-refractivity contribution in [2.75, 3.05) is 10.6 Å². The van der Waals surface area contributed by atoms with E-state index in [4.69, 9.17) is 4.42 Å². The summed E-state index contributed by atoms with van der Waals surface area (Å²) in [5, 5.41) is 8.06. The van der Waals surface area contributed by atoms with Crippen LogP contribution in [0.2, 0.25) is 0 Å². The van der Waals surface area contributed by atoms with E-state index in [2.05, 4.69) is 20.9 Å². The zero-order chi connectivity index (χ0) is 19.2. The molecule has 3 aromatic rings. The van der Waals surface area contributed by atoms with E-state index in [0.717, 1.165) is 0 Å². The van der Waals surface area contributed by atoms with Gasteiger partial charge in [0.25, 0.3) is 5.91 Å². The molecule has 0 aliphatic heterocycles. The number of carbonyl (C=O) groups is 3. The quantitative estimate of drug-likeness (QED) is 0.500. The maximum Gasteiger partial charge on any atom is 0.319 e. The Morgan fingerprint density at radius 3 is 2.33 bits per heavy atom. The van der Waals surface area contributed by atoms with Crippen LogP contribution in [-0.2, 0) is 6.54 Å². The molecule has 0 aliphatic rings. The molecular weight excluding hydrogens is 348 g/mol. The third-order valence-electron chi connectivity index (χ3n) is 3.74. The van der Waals surface area contributed by atoms with Crippen LogP contribution in [-0.4, -0.2) is 22.7 Å². The highest BCUT2D eigenvalue weighted by atomic mass is 16.3. The lowest BCUT2D eigenvalue weighted by atomic mass is 10.2. The first-order valence-electron chi connectivity index (χ1n) is 8.19. The van der Waals surface area contributed by atoms with Gasteiger partial charge in [-0.3, -0.25) is 9.59 Å². The Hall–Kier alpha value is -3.81. The number of nitrogens with one attached hydrogen (secondary N) is 4. The Balaban J connectivity index is 1.52. The van der Waals surface area contributed by atoms with Crippen molar-refractivity contribution in [3.63, 3.8) is 0 Å². The third-order valence-corrected chi connectivity index (χ3v) is 3.74. The molecule has 138 valence electrons. The first kappa shape index (κ1) is 18.0. The van der Waals surface area contributed by atoms with Crippen molar-refractivity contribution in [2.24, 2.45) is 0 Å². The molecule has 8 nitrogen and oxygen atoms in total. The largest absolute Gasteiger partial charge is 0.467 e. The van der Waals surface area contributed by atoms with Gasteiger partial charge < -0.3 is 25.4 Å². The maximum atomic E-state index is 12.2. The third kappa shape index (κ3) is 4.85. The molecule has 8 heteroatoms. The molecule has 1 aromatic carbocycles. The first-order chi connectivity index (χ1) is 13.0. The number of H-pyrrole nitrogens is 1. The molecular formula is C19H18N4O4. The van der Waals surface area contributed by atoms with Gasteiger partial charge in [0.05, 0.1) is 12.8 Å². The fourth-order valence-electron chi connectivity index (χ4n) is 2.32. The summed E-state index contributed by atoms with van der Waals surface area (Å²) in [6.45, 7) is 1.72. The van der Waals surface area contributed by atoms with E-state index in [1.165, 1.54) is 25.5 Å². The van der Waals surface area contributed by atoms with Crippen molar-refractivity contribution >= 4 is 29.1 Å². The van der Waals surface area contributed by atoms with Crippen LogP contribution in [0.1, 0.15) is 33.5 Å². The Labute approximate surface area is 155 Å². The molecule has 0 spiro atoms. The lowest BCUT2D eigenvalue weighted by Crippen LogP contribution is -2.27. The highest BCUT2D eigenvalue weighted by Crippen LogP contribution is 2.15. The number of amides is 3. The lowest BCUT2D eigenvalue weighted by Gasteiger charge is -2.08. The Morgan fingerprint density at radius 1 is 1.04 bits per heavy atom. The van der Waals surface area contributed by atoms with E-state index in [1.54, 1.807) is 36.4 Å². The number of rotatable bonds is 6. The Kier molecular flexibility index (Phi) is 5.36. The van der Waals surface area contributed by atoms with Gasteiger partial charge in [-0.25, -0.2) is 4.79 Å². The van der Waals surface area contributed by atoms with E-state index in [1.807, 2.05) is 0 Å². The number of aromatic amines is 1. The summed E-state index contributed by atoms with van der Waals surface area (Å²) >= 11 is 0. The van der Waals surface area contributed by atoms with Crippen molar-refractivity contribution in [3.8, 4) is 0 Å². The molecule has 0 saturated heterocycles. The van der Waals surface area contributed by atoms with Gasteiger partial charge in [0.15, 0.2) is 5.78 Å². The summed E-state index contributed by atoms with van der Waals surface area (Å²) in [5.41, 5.74) is 1.86. The molecule has 2 heterocycles. The molecule has 0 saturated carbocycles. The predicted octanol–water partition coefficient (Wildman–Crippen LogP) is 3.38. The number of ketones is 1. The summed E-state index contributed by atoms with van der Waals surface area (Å²) in [4.78, 5) is 38.1. The molecule has 0 aliphatic carbocycles. The lowest BCUT2D eigenvalue weighted by molar-refractivity contribution is 0.101. The average Bonchev–Trinajstić information content (AvgIpc) is 3.33. The Bertz CT molecular complexity index is 943. The fraction of sp³-hybridized carbons (Fsp3) is 0.105. The summed E-state index contributed by atoms with van der Waals surface area (Å²) in [6.07, 6.45) is 3.03. The van der Waals surface area contributed by atoms with Crippen LogP contribution in [0.4, 0.5) is 16.2 Å². The fourth-order valence-corrected chi connectivity index (χ4v) is 2.32. The molecule has 4 N–H and O–H groups in total. The van der Waals surface area contributed by atoms with Crippen LogP contribution in [0.5, 0.6) is 0 Å². The number of aromatic nitrogens is 1. The number of benzene rings is 1. The van der Waals surface area contributed by atoms with Crippen LogP contribution in [0, 0.1) is 0 Å². The second-order valence-corrected chi connectivity index (χ2v) is 5.78. The van der Waals surface area contributed by atoms with Gasteiger partial charge >= 0.3 is 6.03 Å². The molecule has 0 radical (unpaired) electrons. The van der Waals surface area contributed by atoms with Crippen LogP contribution in [0.15, 0.2) is 59.3 Å². The van der Waals surface area contributed by atoms with Gasteiger partial charge in [-0.05, 0) is 49.4 Å². The van der Waals surface area contributed by atoms with Gasteiger partial charge in [-0.1, -0.05) is 0 Å². The number of urea groups is 1. The number of carbonyl (C=O) groups excluding carboxylic acids is 3. The van der Waals surface area contributed by atoms with E-state index >= 15 is 0 Å². The number of hydrogen-bond donors (Lipinski definition) is 4. The monoisotopic (exact) mass is 366 g/mol. The van der Waals surface area contributed by atoms with Gasteiger partial charge in [0.2, 0.25) is 0 Å².